The van der Waals surface area contributed by atoms with E-state index in [1.807, 2.05) is 0 Å². The first kappa shape index (κ1) is 7.81. The molecule has 1 heterocycles. The number of carboxylic acids is 1. The summed E-state index contributed by atoms with van der Waals surface area (Å²) >= 11 is 0. The molecule has 4 nitrogen and oxygen atoms in total. The first-order chi connectivity index (χ1) is 5.24. The summed E-state index contributed by atoms with van der Waals surface area (Å²) in [5, 5.41) is 17.0. The van der Waals surface area contributed by atoms with Crippen LogP contribution in [0.2, 0.25) is 0 Å². The zero-order valence-electron chi connectivity index (χ0n) is 5.78. The minimum Gasteiger partial charge on any atom is -0.481 e. The Kier molecular flexibility index (Phi) is 2.28. The van der Waals surface area contributed by atoms with E-state index in [1.54, 1.807) is 6.07 Å². The summed E-state index contributed by atoms with van der Waals surface area (Å²) in [4.78, 5) is 10.2. The number of aliphatic hydroxyl groups excluding tert-OH is 1. The minimum absolute atomic E-state index is 0.105. The van der Waals surface area contributed by atoms with Gasteiger partial charge in [-0.1, -0.05) is 0 Å². The third kappa shape index (κ3) is 1.81. The highest BCUT2D eigenvalue weighted by Gasteiger charge is 2.07. The molecule has 0 aromatic carbocycles. The fraction of sp³-hybridized carbons (Fsp3) is 0.286. The number of aliphatic carboxylic acids is 1. The molecular weight excluding hydrogens is 148 g/mol. The van der Waals surface area contributed by atoms with E-state index in [1.165, 1.54) is 6.26 Å². The van der Waals surface area contributed by atoms with Crippen LogP contribution in [0.1, 0.15) is 11.3 Å². The lowest BCUT2D eigenvalue weighted by atomic mass is 10.2. The zero-order chi connectivity index (χ0) is 8.27. The molecule has 1 rings (SSSR count). The standard InChI is InChI=1S/C7H8O4/c8-4-6-5(1-2-11-6)3-7(9)10/h1-2,8H,3-4H2,(H,9,10). The predicted octanol–water partition coefficient (Wildman–Crippen LogP) is 0.399. The molecule has 0 aliphatic rings. The quantitative estimate of drug-likeness (QED) is 0.664. The lowest BCUT2D eigenvalue weighted by Crippen LogP contribution is -2.01. The minimum atomic E-state index is -0.930. The molecule has 2 N–H and O–H groups in total. The van der Waals surface area contributed by atoms with E-state index in [-0.39, 0.29) is 13.0 Å². The summed E-state index contributed by atoms with van der Waals surface area (Å²) < 4.78 is 4.80. The third-order valence-corrected chi connectivity index (χ3v) is 1.32. The van der Waals surface area contributed by atoms with Gasteiger partial charge in [-0.25, -0.2) is 0 Å². The van der Waals surface area contributed by atoms with Crippen molar-refractivity contribution in [3.8, 4) is 0 Å². The maximum atomic E-state index is 10.2. The average Bonchev–Trinajstić information content (AvgIpc) is 2.34. The van der Waals surface area contributed by atoms with Gasteiger partial charge < -0.3 is 14.6 Å². The first-order valence-electron chi connectivity index (χ1n) is 3.12. The molecule has 11 heavy (non-hydrogen) atoms. The summed E-state index contributed by atoms with van der Waals surface area (Å²) in [5.74, 6) is -0.603. The smallest absolute Gasteiger partial charge is 0.307 e. The highest BCUT2D eigenvalue weighted by Crippen LogP contribution is 2.10. The summed E-state index contributed by atoms with van der Waals surface area (Å²) in [6, 6.07) is 1.54. The summed E-state index contributed by atoms with van der Waals surface area (Å²) in [6.45, 7) is -0.254. The molecule has 0 spiro atoms. The van der Waals surface area contributed by atoms with Crippen LogP contribution in [0.25, 0.3) is 0 Å². The lowest BCUT2D eigenvalue weighted by Gasteiger charge is -1.93. The van der Waals surface area contributed by atoms with Crippen LogP contribution in [0.3, 0.4) is 0 Å². The first-order valence-corrected chi connectivity index (χ1v) is 3.12. The second-order valence-electron chi connectivity index (χ2n) is 2.10. The molecular formula is C7H8O4. The van der Waals surface area contributed by atoms with E-state index in [0.29, 0.717) is 11.3 Å². The molecule has 0 amide bonds. The van der Waals surface area contributed by atoms with Gasteiger partial charge in [0.05, 0.1) is 12.7 Å². The molecule has 0 radical (unpaired) electrons. The maximum absolute atomic E-state index is 10.2. The monoisotopic (exact) mass is 156 g/mol. The van der Waals surface area contributed by atoms with Crippen molar-refractivity contribution < 1.29 is 19.4 Å². The normalized spacial score (nSPS) is 9.91. The van der Waals surface area contributed by atoms with Crippen molar-refractivity contribution in [1.82, 2.24) is 0 Å². The van der Waals surface area contributed by atoms with Gasteiger partial charge >= 0.3 is 5.97 Å². The Morgan fingerprint density at radius 1 is 1.64 bits per heavy atom. The molecule has 0 bridgehead atoms. The van der Waals surface area contributed by atoms with Gasteiger partial charge in [0, 0.05) is 5.56 Å². The van der Waals surface area contributed by atoms with E-state index < -0.39 is 5.97 Å². The van der Waals surface area contributed by atoms with Gasteiger partial charge in [0.15, 0.2) is 0 Å². The van der Waals surface area contributed by atoms with Crippen LogP contribution in [-0.4, -0.2) is 16.2 Å². The van der Waals surface area contributed by atoms with E-state index in [9.17, 15) is 4.79 Å². The highest BCUT2D eigenvalue weighted by molar-refractivity contribution is 5.70. The van der Waals surface area contributed by atoms with Crippen LogP contribution < -0.4 is 0 Å². The fourth-order valence-electron chi connectivity index (χ4n) is 0.826. The van der Waals surface area contributed by atoms with Crippen molar-refractivity contribution in [1.29, 1.82) is 0 Å². The van der Waals surface area contributed by atoms with Gasteiger partial charge in [-0.2, -0.15) is 0 Å². The third-order valence-electron chi connectivity index (χ3n) is 1.32. The molecule has 0 aliphatic heterocycles. The summed E-state index contributed by atoms with van der Waals surface area (Å²) in [6.07, 6.45) is 1.26. The Morgan fingerprint density at radius 3 is 2.91 bits per heavy atom. The number of furan rings is 1. The van der Waals surface area contributed by atoms with Crippen molar-refractivity contribution in [2.75, 3.05) is 0 Å². The zero-order valence-corrected chi connectivity index (χ0v) is 5.78. The molecule has 1 aromatic heterocycles. The second-order valence-corrected chi connectivity index (χ2v) is 2.10. The van der Waals surface area contributed by atoms with Crippen molar-refractivity contribution in [2.45, 2.75) is 13.0 Å². The van der Waals surface area contributed by atoms with Crippen LogP contribution in [0.4, 0.5) is 0 Å². The Balaban J connectivity index is 2.76. The van der Waals surface area contributed by atoms with Crippen LogP contribution in [0, 0.1) is 0 Å². The number of hydrogen-bond donors (Lipinski definition) is 2. The molecule has 4 heteroatoms. The van der Waals surface area contributed by atoms with Crippen molar-refractivity contribution >= 4 is 5.97 Å². The molecule has 60 valence electrons. The van der Waals surface area contributed by atoms with Gasteiger partial charge in [0.25, 0.3) is 0 Å². The van der Waals surface area contributed by atoms with E-state index in [4.69, 9.17) is 14.6 Å². The number of carbonyl (C=O) groups is 1. The number of aliphatic hydroxyl groups is 1. The fourth-order valence-corrected chi connectivity index (χ4v) is 0.826. The molecule has 0 unspecified atom stereocenters. The molecule has 0 atom stereocenters. The van der Waals surface area contributed by atoms with Crippen molar-refractivity contribution in [2.24, 2.45) is 0 Å². The molecule has 0 saturated carbocycles. The Morgan fingerprint density at radius 2 is 2.36 bits per heavy atom. The van der Waals surface area contributed by atoms with Gasteiger partial charge in [-0.05, 0) is 6.07 Å². The summed E-state index contributed by atoms with van der Waals surface area (Å²) in [7, 11) is 0. The van der Waals surface area contributed by atoms with Crippen LogP contribution in [0.15, 0.2) is 16.7 Å². The number of hydrogen-bond acceptors (Lipinski definition) is 3. The SMILES string of the molecule is O=C(O)Cc1ccoc1CO. The van der Waals surface area contributed by atoms with Crippen LogP contribution >= 0.6 is 0 Å². The van der Waals surface area contributed by atoms with Gasteiger partial charge in [-0.3, -0.25) is 4.79 Å². The largest absolute Gasteiger partial charge is 0.481 e. The Labute approximate surface area is 63.1 Å². The van der Waals surface area contributed by atoms with Gasteiger partial charge in [-0.15, -0.1) is 0 Å². The lowest BCUT2D eigenvalue weighted by molar-refractivity contribution is -0.136. The number of rotatable bonds is 3. The maximum Gasteiger partial charge on any atom is 0.307 e. The topological polar surface area (TPSA) is 70.7 Å². The van der Waals surface area contributed by atoms with Crippen LogP contribution in [0.5, 0.6) is 0 Å². The van der Waals surface area contributed by atoms with Gasteiger partial charge in [0.1, 0.15) is 12.4 Å². The highest BCUT2D eigenvalue weighted by atomic mass is 16.4. The molecule has 0 saturated heterocycles. The Bertz CT molecular complexity index is 251. The second kappa shape index (κ2) is 3.21. The molecule has 1 aromatic rings. The number of carboxylic acid groups (broad SMARTS) is 1. The van der Waals surface area contributed by atoms with E-state index in [0.717, 1.165) is 0 Å². The summed E-state index contributed by atoms with van der Waals surface area (Å²) in [5.41, 5.74) is 0.528. The average molecular weight is 156 g/mol. The molecule has 0 aliphatic carbocycles. The van der Waals surface area contributed by atoms with Crippen LogP contribution in [-0.2, 0) is 17.8 Å². The van der Waals surface area contributed by atoms with Crippen molar-refractivity contribution in [3.63, 3.8) is 0 Å². The van der Waals surface area contributed by atoms with E-state index in [2.05, 4.69) is 0 Å². The Hall–Kier alpha value is -1.29. The van der Waals surface area contributed by atoms with E-state index >= 15 is 0 Å². The van der Waals surface area contributed by atoms with Gasteiger partial charge in [0.2, 0.25) is 0 Å². The van der Waals surface area contributed by atoms with Crippen molar-refractivity contribution in [3.05, 3.63) is 23.7 Å². The predicted molar refractivity (Wildman–Crippen MR) is 36.0 cm³/mol. The molecule has 0 fully saturated rings.